The molecule has 1 heterocycles. The molecule has 1 atom stereocenters. The topological polar surface area (TPSA) is 23.5 Å². The Morgan fingerprint density at radius 3 is 2.54 bits per heavy atom. The second-order valence-electron chi connectivity index (χ2n) is 4.75. The first-order valence-corrected chi connectivity index (χ1v) is 5.70. The fraction of sp³-hybridized carbons (Fsp3) is 1.00. The highest BCUT2D eigenvalue weighted by molar-refractivity contribution is 4.92. The van der Waals surface area contributed by atoms with Gasteiger partial charge in [-0.05, 0) is 25.7 Å². The maximum absolute atomic E-state index is 10.2. The van der Waals surface area contributed by atoms with E-state index in [1.165, 1.54) is 32.2 Å². The van der Waals surface area contributed by atoms with Crippen molar-refractivity contribution in [3.8, 4) is 0 Å². The molecule has 0 spiro atoms. The van der Waals surface area contributed by atoms with Crippen molar-refractivity contribution in [2.45, 2.75) is 57.1 Å². The van der Waals surface area contributed by atoms with E-state index in [0.717, 1.165) is 25.4 Å². The maximum Gasteiger partial charge on any atom is 0.0774 e. The highest BCUT2D eigenvalue weighted by Gasteiger charge is 2.37. The molecule has 0 radical (unpaired) electrons. The van der Waals surface area contributed by atoms with Crippen molar-refractivity contribution in [2.24, 2.45) is 0 Å². The quantitative estimate of drug-likeness (QED) is 0.721. The summed E-state index contributed by atoms with van der Waals surface area (Å²) in [5, 5.41) is 10.2. The highest BCUT2D eigenvalue weighted by Crippen LogP contribution is 2.33. The van der Waals surface area contributed by atoms with E-state index in [1.807, 2.05) is 0 Å². The van der Waals surface area contributed by atoms with Gasteiger partial charge in [0.2, 0.25) is 0 Å². The predicted molar refractivity (Wildman–Crippen MR) is 53.7 cm³/mol. The van der Waals surface area contributed by atoms with Gasteiger partial charge >= 0.3 is 0 Å². The van der Waals surface area contributed by atoms with E-state index >= 15 is 0 Å². The predicted octanol–water partition coefficient (Wildman–Crippen LogP) is 1.78. The Balaban J connectivity index is 1.83. The summed E-state index contributed by atoms with van der Waals surface area (Å²) < 4.78 is 0. The molecular weight excluding hydrogens is 162 g/mol. The largest absolute Gasteiger partial charge is 0.389 e. The van der Waals surface area contributed by atoms with Gasteiger partial charge in [-0.1, -0.05) is 19.8 Å². The molecule has 2 rings (SSSR count). The molecule has 1 unspecified atom stereocenters. The molecule has 2 aliphatic rings. The van der Waals surface area contributed by atoms with Gasteiger partial charge in [0.1, 0.15) is 0 Å². The fourth-order valence-corrected chi connectivity index (χ4v) is 2.73. The number of nitrogens with zero attached hydrogens (tertiary/aromatic N) is 1. The van der Waals surface area contributed by atoms with Crippen molar-refractivity contribution in [1.29, 1.82) is 0 Å². The number of hydrogen-bond acceptors (Lipinski definition) is 2. The smallest absolute Gasteiger partial charge is 0.0774 e. The summed E-state index contributed by atoms with van der Waals surface area (Å²) in [5.41, 5.74) is -0.326. The molecule has 1 aliphatic heterocycles. The maximum atomic E-state index is 10.2. The summed E-state index contributed by atoms with van der Waals surface area (Å²) in [4.78, 5) is 2.46. The second-order valence-corrected chi connectivity index (χ2v) is 4.75. The Labute approximate surface area is 80.9 Å². The molecule has 1 saturated heterocycles. The molecule has 0 bridgehead atoms. The van der Waals surface area contributed by atoms with Gasteiger partial charge in [0, 0.05) is 19.1 Å². The molecule has 2 nitrogen and oxygen atoms in total. The van der Waals surface area contributed by atoms with Gasteiger partial charge in [0.05, 0.1) is 5.60 Å². The summed E-state index contributed by atoms with van der Waals surface area (Å²) in [6, 6.07) is 0.768. The Morgan fingerprint density at radius 1 is 1.38 bits per heavy atom. The van der Waals surface area contributed by atoms with E-state index in [-0.39, 0.29) is 5.60 Å². The average Bonchev–Trinajstić information content (AvgIpc) is 2.48. The van der Waals surface area contributed by atoms with E-state index in [1.54, 1.807) is 0 Å². The van der Waals surface area contributed by atoms with E-state index in [2.05, 4.69) is 11.8 Å². The van der Waals surface area contributed by atoms with Crippen LogP contribution in [-0.4, -0.2) is 34.7 Å². The summed E-state index contributed by atoms with van der Waals surface area (Å²) in [5.74, 6) is 0. The minimum atomic E-state index is -0.326. The van der Waals surface area contributed by atoms with Crippen LogP contribution in [-0.2, 0) is 0 Å². The molecule has 0 aromatic heterocycles. The van der Waals surface area contributed by atoms with Crippen LogP contribution in [0.2, 0.25) is 0 Å². The van der Waals surface area contributed by atoms with Crippen LogP contribution in [0.1, 0.15) is 45.4 Å². The van der Waals surface area contributed by atoms with Gasteiger partial charge < -0.3 is 5.11 Å². The van der Waals surface area contributed by atoms with Crippen molar-refractivity contribution in [3.05, 3.63) is 0 Å². The Bertz CT molecular complexity index is 173. The number of hydrogen-bond donors (Lipinski definition) is 1. The normalized spacial score (nSPS) is 33.2. The molecule has 76 valence electrons. The molecule has 1 aliphatic carbocycles. The number of β-amino-alcohol motifs (C(OH)–C–C–N with tert-alkyl or cyclic N) is 1. The number of rotatable bonds is 3. The first kappa shape index (κ1) is 9.47. The minimum absolute atomic E-state index is 0.326. The van der Waals surface area contributed by atoms with Gasteiger partial charge in [-0.3, -0.25) is 4.90 Å². The van der Waals surface area contributed by atoms with E-state index in [9.17, 15) is 5.11 Å². The molecule has 1 N–H and O–H groups in total. The monoisotopic (exact) mass is 183 g/mol. The van der Waals surface area contributed by atoms with Crippen LogP contribution in [0.25, 0.3) is 0 Å². The van der Waals surface area contributed by atoms with Crippen LogP contribution in [0.15, 0.2) is 0 Å². The molecule has 13 heavy (non-hydrogen) atoms. The van der Waals surface area contributed by atoms with Crippen molar-refractivity contribution in [2.75, 3.05) is 13.1 Å². The molecule has 0 aromatic carbocycles. The van der Waals surface area contributed by atoms with Crippen LogP contribution in [0.3, 0.4) is 0 Å². The molecular formula is C11H21NO. The van der Waals surface area contributed by atoms with Gasteiger partial charge in [0.25, 0.3) is 0 Å². The first-order chi connectivity index (χ1) is 6.23. The van der Waals surface area contributed by atoms with Crippen LogP contribution in [0.5, 0.6) is 0 Å². The second kappa shape index (κ2) is 3.58. The molecule has 0 aromatic rings. The van der Waals surface area contributed by atoms with Gasteiger partial charge in [0.15, 0.2) is 0 Å². The zero-order valence-corrected chi connectivity index (χ0v) is 8.63. The van der Waals surface area contributed by atoms with Crippen LogP contribution in [0.4, 0.5) is 0 Å². The lowest BCUT2D eigenvalue weighted by Gasteiger charge is -2.44. The Kier molecular flexibility index (Phi) is 2.61. The molecule has 0 amide bonds. The lowest BCUT2D eigenvalue weighted by molar-refractivity contribution is -0.0338. The SMILES string of the molecule is CCC1CCN1CC1(O)CCCC1. The third-order valence-electron chi connectivity index (χ3n) is 3.77. The lowest BCUT2D eigenvalue weighted by Crippen LogP contribution is -2.53. The lowest BCUT2D eigenvalue weighted by atomic mass is 9.94. The zero-order valence-electron chi connectivity index (χ0n) is 8.63. The van der Waals surface area contributed by atoms with Crippen LogP contribution >= 0.6 is 0 Å². The molecule has 2 heteroatoms. The third-order valence-corrected chi connectivity index (χ3v) is 3.77. The first-order valence-electron chi connectivity index (χ1n) is 5.70. The van der Waals surface area contributed by atoms with Crippen LogP contribution in [0, 0.1) is 0 Å². The van der Waals surface area contributed by atoms with E-state index < -0.39 is 0 Å². The third kappa shape index (κ3) is 1.89. The average molecular weight is 183 g/mol. The summed E-state index contributed by atoms with van der Waals surface area (Å²) in [7, 11) is 0. The summed E-state index contributed by atoms with van der Waals surface area (Å²) in [6.07, 6.45) is 7.09. The molecule has 1 saturated carbocycles. The Hall–Kier alpha value is -0.0800. The van der Waals surface area contributed by atoms with E-state index in [0.29, 0.717) is 0 Å². The van der Waals surface area contributed by atoms with Crippen LogP contribution < -0.4 is 0 Å². The minimum Gasteiger partial charge on any atom is -0.389 e. The number of aliphatic hydroxyl groups is 1. The summed E-state index contributed by atoms with van der Waals surface area (Å²) in [6.45, 7) is 4.39. The van der Waals surface area contributed by atoms with Crippen molar-refractivity contribution in [1.82, 2.24) is 4.90 Å². The zero-order chi connectivity index (χ0) is 9.31. The van der Waals surface area contributed by atoms with E-state index in [4.69, 9.17) is 0 Å². The summed E-state index contributed by atoms with van der Waals surface area (Å²) >= 11 is 0. The molecule has 2 fully saturated rings. The number of likely N-dealkylation sites (tertiary alicyclic amines) is 1. The van der Waals surface area contributed by atoms with Gasteiger partial charge in [-0.15, -0.1) is 0 Å². The van der Waals surface area contributed by atoms with Crippen molar-refractivity contribution < 1.29 is 5.11 Å². The highest BCUT2D eigenvalue weighted by atomic mass is 16.3. The van der Waals surface area contributed by atoms with Crippen molar-refractivity contribution >= 4 is 0 Å². The standard InChI is InChI=1S/C11H21NO/c1-2-10-5-8-12(10)9-11(13)6-3-4-7-11/h10,13H,2-9H2,1H3. The fourth-order valence-electron chi connectivity index (χ4n) is 2.73. The van der Waals surface area contributed by atoms with Gasteiger partial charge in [-0.25, -0.2) is 0 Å². The Morgan fingerprint density at radius 2 is 2.08 bits per heavy atom. The van der Waals surface area contributed by atoms with Crippen molar-refractivity contribution in [3.63, 3.8) is 0 Å². The van der Waals surface area contributed by atoms with Gasteiger partial charge in [-0.2, -0.15) is 0 Å².